The van der Waals surface area contributed by atoms with Gasteiger partial charge in [0, 0.05) is 25.7 Å². The van der Waals surface area contributed by atoms with Gasteiger partial charge in [0.2, 0.25) is 11.9 Å². The number of carbonyl (C=O) groups is 1. The quantitative estimate of drug-likeness (QED) is 0.308. The van der Waals surface area contributed by atoms with Gasteiger partial charge in [0.05, 0.1) is 28.0 Å². The third-order valence-corrected chi connectivity index (χ3v) is 7.69. The zero-order valence-corrected chi connectivity index (χ0v) is 25.2. The molecule has 44 heavy (non-hydrogen) atoms. The van der Waals surface area contributed by atoms with E-state index >= 15 is 8.78 Å². The van der Waals surface area contributed by atoms with Crippen LogP contribution in [0.5, 0.6) is 5.75 Å². The second-order valence-corrected chi connectivity index (χ2v) is 11.4. The molecule has 1 amide bonds. The lowest BCUT2D eigenvalue weighted by Crippen LogP contribution is -2.54. The van der Waals surface area contributed by atoms with E-state index in [2.05, 4.69) is 26.5 Å². The highest BCUT2D eigenvalue weighted by atomic mass is 19.1. The Morgan fingerprint density at radius 2 is 1.73 bits per heavy atom. The number of pyridine rings is 1. The van der Waals surface area contributed by atoms with Crippen LogP contribution in [0.3, 0.4) is 0 Å². The lowest BCUT2D eigenvalue weighted by molar-refractivity contribution is -0.126. The maximum absolute atomic E-state index is 15.9. The summed E-state index contributed by atoms with van der Waals surface area (Å²) in [4.78, 5) is 47.7. The number of nitrogens with two attached hydrogens (primary N) is 1. The van der Waals surface area contributed by atoms with E-state index in [0.29, 0.717) is 36.7 Å². The van der Waals surface area contributed by atoms with Crippen molar-refractivity contribution in [3.63, 3.8) is 0 Å². The van der Waals surface area contributed by atoms with Gasteiger partial charge < -0.3 is 20.6 Å². The molecule has 4 aromatic rings. The normalized spacial score (nSPS) is 15.4. The molecule has 0 saturated carbocycles. The first-order chi connectivity index (χ1) is 20.8. The number of benzene rings is 1. The van der Waals surface area contributed by atoms with E-state index in [1.54, 1.807) is 4.90 Å². The maximum Gasteiger partial charge on any atom is 0.355 e. The molecule has 1 saturated heterocycles. The van der Waals surface area contributed by atoms with Gasteiger partial charge in [-0.3, -0.25) is 4.79 Å². The highest BCUT2D eigenvalue weighted by molar-refractivity contribution is 5.91. The molecule has 4 heterocycles. The van der Waals surface area contributed by atoms with E-state index in [1.165, 1.54) is 22.8 Å². The summed E-state index contributed by atoms with van der Waals surface area (Å²) in [6, 6.07) is 4.42. The van der Waals surface area contributed by atoms with Crippen LogP contribution in [-0.2, 0) is 4.79 Å². The van der Waals surface area contributed by atoms with Crippen molar-refractivity contribution in [3.05, 3.63) is 70.4 Å². The molecule has 0 radical (unpaired) electrons. The van der Waals surface area contributed by atoms with Gasteiger partial charge >= 0.3 is 5.69 Å². The molecular formula is C31H34F2N8O3. The van der Waals surface area contributed by atoms with E-state index in [4.69, 9.17) is 5.73 Å². The number of amides is 1. The average molecular weight is 605 g/mol. The zero-order valence-electron chi connectivity index (χ0n) is 25.2. The largest absolute Gasteiger partial charge is 0.507 e. The van der Waals surface area contributed by atoms with Crippen LogP contribution in [-0.4, -0.2) is 66.1 Å². The van der Waals surface area contributed by atoms with E-state index in [1.807, 2.05) is 39.5 Å². The third-order valence-electron chi connectivity index (χ3n) is 7.69. The van der Waals surface area contributed by atoms with Crippen molar-refractivity contribution in [2.24, 2.45) is 0 Å². The summed E-state index contributed by atoms with van der Waals surface area (Å²) in [5.41, 5.74) is 5.55. The predicted octanol–water partition coefficient (Wildman–Crippen LogP) is 4.27. The Hall–Kier alpha value is -4.94. The van der Waals surface area contributed by atoms with Crippen LogP contribution in [0.25, 0.3) is 28.0 Å². The Bertz CT molecular complexity index is 1810. The molecule has 3 N–H and O–H groups in total. The molecule has 13 heteroatoms. The van der Waals surface area contributed by atoms with Crippen LogP contribution in [0.4, 0.5) is 20.5 Å². The fourth-order valence-electron chi connectivity index (χ4n) is 5.59. The van der Waals surface area contributed by atoms with E-state index in [9.17, 15) is 14.7 Å². The van der Waals surface area contributed by atoms with Gasteiger partial charge in [-0.2, -0.15) is 4.98 Å². The Morgan fingerprint density at radius 1 is 1.07 bits per heavy atom. The molecule has 3 aromatic heterocycles. The Morgan fingerprint density at radius 3 is 2.30 bits per heavy atom. The molecule has 1 aromatic carbocycles. The summed E-state index contributed by atoms with van der Waals surface area (Å²) in [5.74, 6) is -2.82. The molecule has 230 valence electrons. The number of rotatable bonds is 6. The Labute approximate surface area is 252 Å². The zero-order chi connectivity index (χ0) is 32.0. The number of aromatic hydroxyl groups is 1. The summed E-state index contributed by atoms with van der Waals surface area (Å²) in [7, 11) is 0. The van der Waals surface area contributed by atoms with Crippen LogP contribution in [0, 0.1) is 11.6 Å². The summed E-state index contributed by atoms with van der Waals surface area (Å²) in [6.45, 7) is 13.9. The molecule has 1 atom stereocenters. The number of carbonyl (C=O) groups excluding carboxylic acids is 1. The average Bonchev–Trinajstić information content (AvgIpc) is 2.96. The van der Waals surface area contributed by atoms with Crippen molar-refractivity contribution in [2.75, 3.05) is 30.3 Å². The van der Waals surface area contributed by atoms with Crippen molar-refractivity contribution < 1.29 is 18.7 Å². The van der Waals surface area contributed by atoms with E-state index in [-0.39, 0.29) is 46.6 Å². The van der Waals surface area contributed by atoms with Crippen LogP contribution < -0.4 is 16.3 Å². The number of phenolic OH excluding ortho intramolecular Hbond substituents is 1. The second-order valence-electron chi connectivity index (χ2n) is 11.4. The molecular weight excluding hydrogens is 570 g/mol. The summed E-state index contributed by atoms with van der Waals surface area (Å²) in [6.07, 6.45) is 1.24. The number of phenols is 1. The molecule has 1 fully saturated rings. The standard InChI is InChI=1S/C31H34F2N8O3/c1-7-22(43)39-11-12-40(17(6)14-39)28-18-13-20(33)26(23-19(32)9-8-10-21(23)42)35-29(18)41(31(44)38-28)27-24(15(2)3)36-30(34)37-25(27)16(4)5/h7-10,13,15-17,42H,1,11-12,14H2,2-6H3,(H2,34,36,37)/t17-/m0/s1. The lowest BCUT2D eigenvalue weighted by Gasteiger charge is -2.40. The van der Waals surface area contributed by atoms with Gasteiger partial charge in [0.25, 0.3) is 0 Å². The van der Waals surface area contributed by atoms with Crippen molar-refractivity contribution in [1.29, 1.82) is 0 Å². The number of halogens is 2. The first-order valence-corrected chi connectivity index (χ1v) is 14.3. The molecule has 5 rings (SSSR count). The predicted molar refractivity (Wildman–Crippen MR) is 164 cm³/mol. The van der Waals surface area contributed by atoms with Crippen molar-refractivity contribution >= 4 is 28.7 Å². The SMILES string of the molecule is C=CC(=O)N1CCN(c2nc(=O)n(-c3c(C(C)C)nc(N)nc3C(C)C)c3nc(-c4c(O)cccc4F)c(F)cc23)[C@@H](C)C1. The highest BCUT2D eigenvalue weighted by Crippen LogP contribution is 2.37. The number of piperazine rings is 1. The molecule has 1 aliphatic rings. The number of nitrogen functional groups attached to an aromatic ring is 1. The third kappa shape index (κ3) is 5.22. The number of aromatic nitrogens is 5. The van der Waals surface area contributed by atoms with Crippen LogP contribution in [0.1, 0.15) is 57.8 Å². The lowest BCUT2D eigenvalue weighted by atomic mass is 10.0. The fraction of sp³-hybridized carbons (Fsp3) is 0.355. The topological polar surface area (TPSA) is 143 Å². The molecule has 1 aliphatic heterocycles. The van der Waals surface area contributed by atoms with Crippen LogP contribution >= 0.6 is 0 Å². The molecule has 11 nitrogen and oxygen atoms in total. The van der Waals surface area contributed by atoms with Crippen LogP contribution in [0.2, 0.25) is 0 Å². The second kappa shape index (κ2) is 11.6. The molecule has 0 bridgehead atoms. The number of anilines is 2. The summed E-state index contributed by atoms with van der Waals surface area (Å²) >= 11 is 0. The molecule has 0 unspecified atom stereocenters. The minimum Gasteiger partial charge on any atom is -0.507 e. The first-order valence-electron chi connectivity index (χ1n) is 14.3. The Balaban J connectivity index is 1.88. The molecule has 0 spiro atoms. The van der Waals surface area contributed by atoms with E-state index < -0.39 is 34.3 Å². The molecule has 0 aliphatic carbocycles. The number of hydrogen-bond acceptors (Lipinski definition) is 9. The summed E-state index contributed by atoms with van der Waals surface area (Å²) < 4.78 is 32.2. The monoisotopic (exact) mass is 604 g/mol. The van der Waals surface area contributed by atoms with Gasteiger partial charge in [-0.25, -0.2) is 33.1 Å². The smallest absolute Gasteiger partial charge is 0.355 e. The minimum absolute atomic E-state index is 0.0276. The number of nitrogens with zero attached hydrogens (tertiary/aromatic N) is 7. The van der Waals surface area contributed by atoms with Crippen molar-refractivity contribution in [1.82, 2.24) is 29.4 Å². The maximum atomic E-state index is 15.9. The fourth-order valence-corrected chi connectivity index (χ4v) is 5.59. The van der Waals surface area contributed by atoms with Gasteiger partial charge in [-0.05, 0) is 43.0 Å². The summed E-state index contributed by atoms with van der Waals surface area (Å²) in [5, 5.41) is 10.7. The van der Waals surface area contributed by atoms with E-state index in [0.717, 1.165) is 12.1 Å². The van der Waals surface area contributed by atoms with Crippen molar-refractivity contribution in [2.45, 2.75) is 52.5 Å². The van der Waals surface area contributed by atoms with Gasteiger partial charge in [0.15, 0.2) is 11.5 Å². The van der Waals surface area contributed by atoms with Gasteiger partial charge in [-0.1, -0.05) is 40.3 Å². The minimum atomic E-state index is -0.930. The number of fused-ring (bicyclic) bond motifs is 1. The highest BCUT2D eigenvalue weighted by Gasteiger charge is 2.32. The van der Waals surface area contributed by atoms with Crippen LogP contribution in [0.15, 0.2) is 41.7 Å². The number of hydrogen-bond donors (Lipinski definition) is 2. The first kappa shape index (κ1) is 30.5. The van der Waals surface area contributed by atoms with Crippen molar-refractivity contribution in [3.8, 4) is 22.7 Å². The Kier molecular flexibility index (Phi) is 8.06. The van der Waals surface area contributed by atoms with Gasteiger partial charge in [-0.15, -0.1) is 0 Å². The van der Waals surface area contributed by atoms with Gasteiger partial charge in [0.1, 0.15) is 23.1 Å².